The quantitative estimate of drug-likeness (QED) is 0.769. The SMILES string of the molecule is CS(=O)(=O)c1ccc(C2=CCNN2)cc1. The summed E-state index contributed by atoms with van der Waals surface area (Å²) in [5.41, 5.74) is 7.91. The van der Waals surface area contributed by atoms with Crippen molar-refractivity contribution in [3.63, 3.8) is 0 Å². The summed E-state index contributed by atoms with van der Waals surface area (Å²) in [5, 5.41) is 0. The van der Waals surface area contributed by atoms with E-state index in [-0.39, 0.29) is 0 Å². The Kier molecular flexibility index (Phi) is 2.50. The summed E-state index contributed by atoms with van der Waals surface area (Å²) in [6.07, 6.45) is 3.21. The zero-order valence-corrected chi connectivity index (χ0v) is 9.14. The zero-order valence-electron chi connectivity index (χ0n) is 8.32. The van der Waals surface area contributed by atoms with Gasteiger partial charge in [0, 0.05) is 12.8 Å². The van der Waals surface area contributed by atoms with Crippen LogP contribution in [0.3, 0.4) is 0 Å². The van der Waals surface area contributed by atoms with E-state index < -0.39 is 9.84 Å². The topological polar surface area (TPSA) is 58.2 Å². The Morgan fingerprint density at radius 1 is 1.20 bits per heavy atom. The molecule has 0 aromatic heterocycles. The van der Waals surface area contributed by atoms with Gasteiger partial charge >= 0.3 is 0 Å². The van der Waals surface area contributed by atoms with E-state index in [0.717, 1.165) is 17.8 Å². The Bertz CT molecular complexity index is 489. The van der Waals surface area contributed by atoms with Crippen LogP contribution in [0.1, 0.15) is 5.56 Å². The van der Waals surface area contributed by atoms with Gasteiger partial charge in [-0.25, -0.2) is 13.8 Å². The molecule has 1 aliphatic heterocycles. The molecule has 80 valence electrons. The average Bonchev–Trinajstić information content (AvgIpc) is 2.69. The number of sulfone groups is 1. The van der Waals surface area contributed by atoms with E-state index in [1.807, 2.05) is 6.08 Å². The van der Waals surface area contributed by atoms with Gasteiger partial charge in [-0.2, -0.15) is 0 Å². The number of hydrogen-bond acceptors (Lipinski definition) is 4. The summed E-state index contributed by atoms with van der Waals surface area (Å²) >= 11 is 0. The fraction of sp³-hybridized carbons (Fsp3) is 0.200. The molecule has 4 nitrogen and oxygen atoms in total. The minimum absolute atomic E-state index is 0.345. The lowest BCUT2D eigenvalue weighted by Crippen LogP contribution is -2.22. The smallest absolute Gasteiger partial charge is 0.175 e. The van der Waals surface area contributed by atoms with Crippen molar-refractivity contribution >= 4 is 15.5 Å². The Hall–Kier alpha value is -1.33. The van der Waals surface area contributed by atoms with Gasteiger partial charge in [-0.15, -0.1) is 0 Å². The fourth-order valence-corrected chi connectivity index (χ4v) is 2.05. The molecule has 1 aromatic rings. The van der Waals surface area contributed by atoms with Crippen molar-refractivity contribution in [2.45, 2.75) is 4.90 Å². The molecule has 0 amide bonds. The summed E-state index contributed by atoms with van der Waals surface area (Å²) < 4.78 is 22.4. The summed E-state index contributed by atoms with van der Waals surface area (Å²) in [6, 6.07) is 6.82. The highest BCUT2D eigenvalue weighted by Crippen LogP contribution is 2.16. The molecule has 0 radical (unpaired) electrons. The summed E-state index contributed by atoms with van der Waals surface area (Å²) in [7, 11) is -3.10. The van der Waals surface area contributed by atoms with Crippen molar-refractivity contribution in [1.29, 1.82) is 0 Å². The van der Waals surface area contributed by atoms with Gasteiger partial charge in [0.1, 0.15) is 0 Å². The molecule has 1 heterocycles. The molecule has 2 rings (SSSR count). The maximum Gasteiger partial charge on any atom is 0.175 e. The van der Waals surface area contributed by atoms with Gasteiger partial charge in [-0.05, 0) is 23.8 Å². The lowest BCUT2D eigenvalue weighted by Gasteiger charge is -2.05. The number of rotatable bonds is 2. The van der Waals surface area contributed by atoms with Crippen molar-refractivity contribution in [2.24, 2.45) is 0 Å². The van der Waals surface area contributed by atoms with Gasteiger partial charge in [-0.3, -0.25) is 0 Å². The van der Waals surface area contributed by atoms with E-state index in [4.69, 9.17) is 0 Å². The molecule has 0 bridgehead atoms. The molecule has 2 N–H and O–H groups in total. The van der Waals surface area contributed by atoms with Gasteiger partial charge in [0.05, 0.1) is 10.6 Å². The third-order valence-electron chi connectivity index (χ3n) is 2.22. The molecule has 1 aliphatic rings. The predicted molar refractivity (Wildman–Crippen MR) is 58.7 cm³/mol. The van der Waals surface area contributed by atoms with Crippen LogP contribution in [-0.4, -0.2) is 21.2 Å². The standard InChI is InChI=1S/C10H12N2O2S/c1-15(13,14)9-4-2-8(3-5-9)10-6-7-11-12-10/h2-6,11-12H,7H2,1H3. The van der Waals surface area contributed by atoms with E-state index in [0.29, 0.717) is 4.90 Å². The average molecular weight is 224 g/mol. The minimum Gasteiger partial charge on any atom is -0.321 e. The third-order valence-corrected chi connectivity index (χ3v) is 3.35. The Labute approximate surface area is 88.9 Å². The lowest BCUT2D eigenvalue weighted by molar-refractivity contribution is 0.602. The second kappa shape index (κ2) is 3.67. The molecule has 0 spiro atoms. The van der Waals surface area contributed by atoms with Gasteiger partial charge in [-0.1, -0.05) is 12.1 Å². The molecule has 0 saturated carbocycles. The van der Waals surface area contributed by atoms with Crippen molar-refractivity contribution in [2.75, 3.05) is 12.8 Å². The van der Waals surface area contributed by atoms with Crippen LogP contribution >= 0.6 is 0 Å². The molecule has 15 heavy (non-hydrogen) atoms. The maximum absolute atomic E-state index is 11.2. The molecular weight excluding hydrogens is 212 g/mol. The monoisotopic (exact) mass is 224 g/mol. The highest BCUT2D eigenvalue weighted by atomic mass is 32.2. The normalized spacial score (nSPS) is 15.9. The van der Waals surface area contributed by atoms with Crippen LogP contribution in [0.2, 0.25) is 0 Å². The van der Waals surface area contributed by atoms with E-state index in [1.54, 1.807) is 24.3 Å². The second-order valence-electron chi connectivity index (χ2n) is 3.42. The molecule has 0 atom stereocenters. The molecular formula is C10H12N2O2S. The molecule has 0 fully saturated rings. The summed E-state index contributed by atoms with van der Waals surface area (Å²) in [5.74, 6) is 0. The van der Waals surface area contributed by atoms with Gasteiger partial charge in [0.2, 0.25) is 0 Å². The third kappa shape index (κ3) is 2.19. The zero-order chi connectivity index (χ0) is 10.9. The van der Waals surface area contributed by atoms with Crippen molar-refractivity contribution in [3.05, 3.63) is 35.9 Å². The Morgan fingerprint density at radius 2 is 1.87 bits per heavy atom. The van der Waals surface area contributed by atoms with Gasteiger partial charge in [0.25, 0.3) is 0 Å². The number of benzene rings is 1. The first kappa shape index (κ1) is 10.2. The van der Waals surface area contributed by atoms with Crippen LogP contribution in [0.15, 0.2) is 35.2 Å². The van der Waals surface area contributed by atoms with Crippen LogP contribution in [0.5, 0.6) is 0 Å². The Morgan fingerprint density at radius 3 is 2.33 bits per heavy atom. The fourth-order valence-electron chi connectivity index (χ4n) is 1.42. The van der Waals surface area contributed by atoms with Gasteiger partial charge < -0.3 is 5.43 Å². The first-order valence-corrected chi connectivity index (χ1v) is 6.46. The van der Waals surface area contributed by atoms with E-state index >= 15 is 0 Å². The van der Waals surface area contributed by atoms with Crippen LogP contribution in [0, 0.1) is 0 Å². The van der Waals surface area contributed by atoms with E-state index in [9.17, 15) is 8.42 Å². The highest BCUT2D eigenvalue weighted by Gasteiger charge is 2.09. The highest BCUT2D eigenvalue weighted by molar-refractivity contribution is 7.90. The van der Waals surface area contributed by atoms with Gasteiger partial charge in [0.15, 0.2) is 9.84 Å². The Balaban J connectivity index is 2.32. The number of hydrogen-bond donors (Lipinski definition) is 2. The van der Waals surface area contributed by atoms with E-state index in [2.05, 4.69) is 10.9 Å². The van der Waals surface area contributed by atoms with Crippen LogP contribution in [0.4, 0.5) is 0 Å². The molecule has 5 heteroatoms. The lowest BCUT2D eigenvalue weighted by atomic mass is 10.1. The molecule has 1 aromatic carbocycles. The van der Waals surface area contributed by atoms with Crippen LogP contribution in [0.25, 0.3) is 5.70 Å². The van der Waals surface area contributed by atoms with Crippen LogP contribution in [-0.2, 0) is 9.84 Å². The van der Waals surface area contributed by atoms with Crippen LogP contribution < -0.4 is 10.9 Å². The number of hydrazine groups is 1. The van der Waals surface area contributed by atoms with E-state index in [1.165, 1.54) is 6.26 Å². The molecule has 0 unspecified atom stereocenters. The van der Waals surface area contributed by atoms with Crippen molar-refractivity contribution in [3.8, 4) is 0 Å². The van der Waals surface area contributed by atoms with Crippen molar-refractivity contribution in [1.82, 2.24) is 10.9 Å². The maximum atomic E-state index is 11.2. The minimum atomic E-state index is -3.10. The summed E-state index contributed by atoms with van der Waals surface area (Å²) in [6.45, 7) is 0.781. The molecule has 0 aliphatic carbocycles. The second-order valence-corrected chi connectivity index (χ2v) is 5.44. The number of nitrogens with one attached hydrogen (secondary N) is 2. The first-order chi connectivity index (χ1) is 7.07. The predicted octanol–water partition coefficient (Wildman–Crippen LogP) is 0.539. The molecule has 0 saturated heterocycles. The summed E-state index contributed by atoms with van der Waals surface area (Å²) in [4.78, 5) is 0.345. The largest absolute Gasteiger partial charge is 0.321 e. The first-order valence-electron chi connectivity index (χ1n) is 4.57. The van der Waals surface area contributed by atoms with Crippen molar-refractivity contribution < 1.29 is 8.42 Å².